The van der Waals surface area contributed by atoms with E-state index < -0.39 is 11.7 Å². The van der Waals surface area contributed by atoms with Gasteiger partial charge in [0.05, 0.1) is 12.2 Å². The number of alkyl halides is 3. The van der Waals surface area contributed by atoms with Crippen LogP contribution in [0.25, 0.3) is 0 Å². The summed E-state index contributed by atoms with van der Waals surface area (Å²) in [4.78, 5) is 3.73. The lowest BCUT2D eigenvalue weighted by molar-refractivity contribution is -0.137. The van der Waals surface area contributed by atoms with E-state index in [0.717, 1.165) is 12.1 Å². The van der Waals surface area contributed by atoms with Crippen LogP contribution < -0.4 is 11.1 Å². The molecule has 0 fully saturated rings. The summed E-state index contributed by atoms with van der Waals surface area (Å²) >= 11 is 0. The topological polar surface area (TPSA) is 60.2 Å². The van der Waals surface area contributed by atoms with Gasteiger partial charge in [0.2, 0.25) is 0 Å². The Morgan fingerprint density at radius 1 is 1.44 bits per heavy atom. The van der Waals surface area contributed by atoms with Crippen LogP contribution in [0, 0.1) is 0 Å². The maximum atomic E-state index is 12.4. The first-order valence-corrected chi connectivity index (χ1v) is 4.51. The van der Waals surface area contributed by atoms with Gasteiger partial charge in [-0.05, 0) is 12.1 Å². The molecule has 90 valence electrons. The molecule has 1 aromatic heterocycles. The highest BCUT2D eigenvalue weighted by molar-refractivity contribution is 5.47. The molecule has 0 amide bonds. The van der Waals surface area contributed by atoms with Gasteiger partial charge in [-0.1, -0.05) is 0 Å². The summed E-state index contributed by atoms with van der Waals surface area (Å²) in [5, 5.41) is 2.68. The smallest absolute Gasteiger partial charge is 0.384 e. The molecular formula is C9H12F3N3O. The molecule has 7 heteroatoms. The third kappa shape index (κ3) is 3.58. The minimum absolute atomic E-state index is 0.0874. The van der Waals surface area contributed by atoms with Crippen LogP contribution in [-0.2, 0) is 10.9 Å². The second-order valence-corrected chi connectivity index (χ2v) is 3.08. The predicted molar refractivity (Wildman–Crippen MR) is 54.0 cm³/mol. The lowest BCUT2D eigenvalue weighted by atomic mass is 10.2. The molecule has 0 saturated heterocycles. The van der Waals surface area contributed by atoms with Crippen molar-refractivity contribution in [1.82, 2.24) is 4.98 Å². The van der Waals surface area contributed by atoms with Crippen molar-refractivity contribution < 1.29 is 17.9 Å². The second-order valence-electron chi connectivity index (χ2n) is 3.08. The van der Waals surface area contributed by atoms with Gasteiger partial charge in [-0.15, -0.1) is 0 Å². The molecule has 0 saturated carbocycles. The van der Waals surface area contributed by atoms with E-state index >= 15 is 0 Å². The highest BCUT2D eigenvalue weighted by atomic mass is 19.4. The summed E-state index contributed by atoms with van der Waals surface area (Å²) in [6.07, 6.45) is -4.42. The number of anilines is 2. The number of aromatic nitrogens is 1. The van der Waals surface area contributed by atoms with E-state index in [2.05, 4.69) is 10.3 Å². The molecule has 0 aromatic carbocycles. The molecule has 1 aromatic rings. The summed E-state index contributed by atoms with van der Waals surface area (Å²) in [7, 11) is 1.50. The summed E-state index contributed by atoms with van der Waals surface area (Å²) in [5.41, 5.74) is 4.46. The Hall–Kier alpha value is -1.50. The van der Waals surface area contributed by atoms with Crippen LogP contribution in [0.5, 0.6) is 0 Å². The first-order valence-electron chi connectivity index (χ1n) is 4.51. The largest absolute Gasteiger partial charge is 0.416 e. The molecule has 0 aliphatic heterocycles. The minimum atomic E-state index is -4.42. The number of hydrogen-bond acceptors (Lipinski definition) is 4. The molecule has 0 aliphatic carbocycles. The van der Waals surface area contributed by atoms with Crippen LogP contribution in [-0.4, -0.2) is 25.2 Å². The zero-order chi connectivity index (χ0) is 12.2. The van der Waals surface area contributed by atoms with E-state index in [1.807, 2.05) is 0 Å². The average Bonchev–Trinajstić information content (AvgIpc) is 2.16. The number of nitrogens with zero attached hydrogens (tertiary/aromatic N) is 1. The Kier molecular flexibility index (Phi) is 3.94. The molecule has 16 heavy (non-hydrogen) atoms. The lowest BCUT2D eigenvalue weighted by Gasteiger charge is -2.10. The monoisotopic (exact) mass is 235 g/mol. The third-order valence-corrected chi connectivity index (χ3v) is 1.78. The molecular weight excluding hydrogens is 223 g/mol. The number of pyridine rings is 1. The predicted octanol–water partition coefficient (Wildman–Crippen LogP) is 1.74. The van der Waals surface area contributed by atoms with Crippen molar-refractivity contribution in [3.8, 4) is 0 Å². The van der Waals surface area contributed by atoms with Crippen molar-refractivity contribution in [1.29, 1.82) is 0 Å². The number of nitrogens with two attached hydrogens (primary N) is 1. The minimum Gasteiger partial charge on any atom is -0.384 e. The third-order valence-electron chi connectivity index (χ3n) is 1.78. The van der Waals surface area contributed by atoms with Gasteiger partial charge in [0, 0.05) is 13.7 Å². The van der Waals surface area contributed by atoms with Crippen LogP contribution in [0.3, 0.4) is 0 Å². The zero-order valence-corrected chi connectivity index (χ0v) is 8.64. The summed E-state index contributed by atoms with van der Waals surface area (Å²) in [6.45, 7) is 0.738. The highest BCUT2D eigenvalue weighted by Crippen LogP contribution is 2.31. The van der Waals surface area contributed by atoms with Crippen LogP contribution in [0.2, 0.25) is 0 Å². The molecule has 1 heterocycles. The van der Waals surface area contributed by atoms with Crippen molar-refractivity contribution in [3.05, 3.63) is 17.7 Å². The standard InChI is InChI=1S/C9H12F3N3O/c1-16-3-2-14-8-5-6(9(10,11)12)4-7(13)15-8/h4-5H,2-3H2,1H3,(H3,13,14,15). The number of rotatable bonds is 4. The molecule has 1 rings (SSSR count). The zero-order valence-electron chi connectivity index (χ0n) is 8.64. The maximum Gasteiger partial charge on any atom is 0.416 e. The number of nitrogens with one attached hydrogen (secondary N) is 1. The van der Waals surface area contributed by atoms with E-state index in [1.165, 1.54) is 7.11 Å². The maximum absolute atomic E-state index is 12.4. The Morgan fingerprint density at radius 3 is 2.69 bits per heavy atom. The number of nitrogen functional groups attached to an aromatic ring is 1. The van der Waals surface area contributed by atoms with Crippen molar-refractivity contribution in [2.75, 3.05) is 31.3 Å². The van der Waals surface area contributed by atoms with Crippen LogP contribution >= 0.6 is 0 Å². The van der Waals surface area contributed by atoms with E-state index in [-0.39, 0.29) is 11.6 Å². The fraction of sp³-hybridized carbons (Fsp3) is 0.444. The summed E-state index contributed by atoms with van der Waals surface area (Å²) < 4.78 is 41.9. The van der Waals surface area contributed by atoms with Gasteiger partial charge in [-0.25, -0.2) is 4.98 Å². The first-order chi connectivity index (χ1) is 7.43. The van der Waals surface area contributed by atoms with E-state index in [4.69, 9.17) is 10.5 Å². The average molecular weight is 235 g/mol. The molecule has 4 nitrogen and oxygen atoms in total. The fourth-order valence-corrected chi connectivity index (χ4v) is 1.09. The first kappa shape index (κ1) is 12.6. The Morgan fingerprint density at radius 2 is 2.12 bits per heavy atom. The van der Waals surface area contributed by atoms with Gasteiger partial charge in [0.25, 0.3) is 0 Å². The van der Waals surface area contributed by atoms with Crippen molar-refractivity contribution in [2.24, 2.45) is 0 Å². The quantitative estimate of drug-likeness (QED) is 0.780. The highest BCUT2D eigenvalue weighted by Gasteiger charge is 2.31. The van der Waals surface area contributed by atoms with Crippen LogP contribution in [0.15, 0.2) is 12.1 Å². The number of hydrogen-bond donors (Lipinski definition) is 2. The van der Waals surface area contributed by atoms with E-state index in [9.17, 15) is 13.2 Å². The molecule has 0 spiro atoms. The summed E-state index contributed by atoms with van der Waals surface area (Å²) in [5.74, 6) is -0.0842. The second kappa shape index (κ2) is 5.02. The normalized spacial score (nSPS) is 11.5. The number of ether oxygens (including phenoxy) is 1. The molecule has 0 bridgehead atoms. The SMILES string of the molecule is COCCNc1cc(C(F)(F)F)cc(N)n1. The van der Waals surface area contributed by atoms with Crippen molar-refractivity contribution >= 4 is 11.6 Å². The van der Waals surface area contributed by atoms with Gasteiger partial charge < -0.3 is 15.8 Å². The van der Waals surface area contributed by atoms with Gasteiger partial charge >= 0.3 is 6.18 Å². The Bertz CT molecular complexity index is 354. The van der Waals surface area contributed by atoms with Crippen LogP contribution in [0.4, 0.5) is 24.8 Å². The van der Waals surface area contributed by atoms with E-state index in [0.29, 0.717) is 13.2 Å². The van der Waals surface area contributed by atoms with Gasteiger partial charge in [0.15, 0.2) is 0 Å². The molecule has 0 aliphatic rings. The Labute approximate surface area is 90.6 Å². The molecule has 0 radical (unpaired) electrons. The van der Waals surface area contributed by atoms with E-state index in [1.54, 1.807) is 0 Å². The molecule has 0 atom stereocenters. The van der Waals surface area contributed by atoms with Gasteiger partial charge in [0.1, 0.15) is 11.6 Å². The summed E-state index contributed by atoms with van der Waals surface area (Å²) in [6, 6.07) is 1.70. The lowest BCUT2D eigenvalue weighted by Crippen LogP contribution is -2.12. The van der Waals surface area contributed by atoms with Gasteiger partial charge in [-0.2, -0.15) is 13.2 Å². The molecule has 0 unspecified atom stereocenters. The van der Waals surface area contributed by atoms with Crippen molar-refractivity contribution in [2.45, 2.75) is 6.18 Å². The van der Waals surface area contributed by atoms with Crippen molar-refractivity contribution in [3.63, 3.8) is 0 Å². The van der Waals surface area contributed by atoms with Crippen LogP contribution in [0.1, 0.15) is 5.56 Å². The number of halogens is 3. The van der Waals surface area contributed by atoms with Gasteiger partial charge in [-0.3, -0.25) is 0 Å². The number of methoxy groups -OCH3 is 1. The molecule has 3 N–H and O–H groups in total. The fourth-order valence-electron chi connectivity index (χ4n) is 1.09. The Balaban J connectivity index is 2.82.